The lowest BCUT2D eigenvalue weighted by Crippen LogP contribution is -2.17. The molecule has 2 nitrogen and oxygen atoms in total. The molecule has 7 aromatic carbocycles. The van der Waals surface area contributed by atoms with Crippen molar-refractivity contribution in [3.63, 3.8) is 0 Å². The number of fused-ring (bicyclic) bond motifs is 14. The first-order valence-corrected chi connectivity index (χ1v) is 28.6. The fourth-order valence-corrected chi connectivity index (χ4v) is 12.6. The molecule has 0 amide bonds. The highest BCUT2D eigenvalue weighted by atomic mass is 15.0. The lowest BCUT2D eigenvalue weighted by atomic mass is 9.78. The lowest BCUT2D eigenvalue weighted by Gasteiger charge is -2.26. The van der Waals surface area contributed by atoms with E-state index in [1.54, 1.807) is 0 Å². The van der Waals surface area contributed by atoms with Crippen LogP contribution in [-0.4, -0.2) is 8.80 Å². The summed E-state index contributed by atoms with van der Waals surface area (Å²) in [5, 5.41) is 10.9. The maximum Gasteiger partial charge on any atom is 0.0634 e. The van der Waals surface area contributed by atoms with Crippen molar-refractivity contribution in [3.8, 4) is 22.3 Å². The van der Waals surface area contributed by atoms with E-state index in [4.69, 9.17) is 0 Å². The number of nitrogens with zero attached hydrogens (tertiary/aromatic N) is 2. The van der Waals surface area contributed by atoms with E-state index in [2.05, 4.69) is 272 Å². The van der Waals surface area contributed by atoms with Gasteiger partial charge in [0.15, 0.2) is 0 Å². The van der Waals surface area contributed by atoms with E-state index in [0.717, 1.165) is 0 Å². The molecular formula is C74H88N2. The summed E-state index contributed by atoms with van der Waals surface area (Å²) in [6.07, 6.45) is 0. The minimum atomic E-state index is -0.133. The molecule has 0 saturated carbocycles. The third-order valence-corrected chi connectivity index (χ3v) is 17.5. The number of aromatic nitrogens is 2. The van der Waals surface area contributed by atoms with E-state index in [0.29, 0.717) is 0 Å². The van der Waals surface area contributed by atoms with Gasteiger partial charge < -0.3 is 8.80 Å². The second-order valence-electron chi connectivity index (χ2n) is 31.8. The first-order chi connectivity index (χ1) is 34.7. The second-order valence-corrected chi connectivity index (χ2v) is 31.8. The van der Waals surface area contributed by atoms with Gasteiger partial charge in [-0.05, 0) is 146 Å². The van der Waals surface area contributed by atoms with E-state index >= 15 is 0 Å². The molecule has 0 atom stereocenters. The van der Waals surface area contributed by atoms with Gasteiger partial charge in [-0.1, -0.05) is 227 Å². The molecule has 0 spiro atoms. The highest BCUT2D eigenvalue weighted by Gasteiger charge is 2.35. The molecule has 394 valence electrons. The summed E-state index contributed by atoms with van der Waals surface area (Å²) < 4.78 is 5.47. The average molecular weight is 1010 g/mol. The Hall–Kier alpha value is -5.86. The van der Waals surface area contributed by atoms with Gasteiger partial charge >= 0.3 is 0 Å². The molecule has 0 aliphatic rings. The maximum absolute atomic E-state index is 2.74. The topological polar surface area (TPSA) is 8.82 Å². The third kappa shape index (κ3) is 7.98. The Labute approximate surface area is 456 Å². The molecule has 2 heteroatoms. The largest absolute Gasteiger partial charge is 0.308 e. The van der Waals surface area contributed by atoms with Crippen LogP contribution in [-0.2, 0) is 43.3 Å². The Balaban J connectivity index is 1.44. The Morgan fingerprint density at radius 3 is 0.750 bits per heavy atom. The summed E-state index contributed by atoms with van der Waals surface area (Å²) in [6, 6.07) is 40.1. The van der Waals surface area contributed by atoms with Crippen LogP contribution in [0.3, 0.4) is 0 Å². The monoisotopic (exact) mass is 1000 g/mol. The number of benzene rings is 7. The van der Waals surface area contributed by atoms with Crippen molar-refractivity contribution in [2.75, 3.05) is 0 Å². The van der Waals surface area contributed by atoms with Crippen molar-refractivity contribution in [3.05, 3.63) is 142 Å². The van der Waals surface area contributed by atoms with Gasteiger partial charge in [-0.3, -0.25) is 0 Å². The zero-order valence-electron chi connectivity index (χ0n) is 51.1. The second kappa shape index (κ2) is 15.9. The zero-order valence-corrected chi connectivity index (χ0v) is 51.1. The van der Waals surface area contributed by atoms with Gasteiger partial charge in [0, 0.05) is 43.1 Å². The van der Waals surface area contributed by atoms with Gasteiger partial charge in [0.25, 0.3) is 0 Å². The fourth-order valence-electron chi connectivity index (χ4n) is 12.6. The van der Waals surface area contributed by atoms with E-state index in [9.17, 15) is 0 Å². The summed E-state index contributed by atoms with van der Waals surface area (Å²) in [5.74, 6) is 0. The summed E-state index contributed by atoms with van der Waals surface area (Å²) in [7, 11) is 0. The SMILES string of the molecule is CC(C)(C)c1cc(-c2ccc3c(c2)c2c4c5cc(C(C)(C)C)cc(C(C)(C)C)c5n5c6ccc(-c7cc(C(C)(C)C)cc(C(C)(C)C)c7)cc6c(c6c7cc(C(C)(C)C)cc(C(C)(C)C)c7n3c26)c45)cc(C(C)(C)C)c1. The first kappa shape index (κ1) is 52.2. The number of hydrogen-bond donors (Lipinski definition) is 0. The van der Waals surface area contributed by atoms with Crippen LogP contribution < -0.4 is 0 Å². The molecule has 0 radical (unpaired) electrons. The number of rotatable bonds is 2. The van der Waals surface area contributed by atoms with Crippen molar-refractivity contribution >= 4 is 76.2 Å². The summed E-state index contributed by atoms with van der Waals surface area (Å²) >= 11 is 0. The standard InChI is InChI=1S/C74H88N2/c1-67(2,3)45-29-43(30-46(35-45)68(4,5)6)41-25-27-57-51(33-41)59-61-53-37-49(71(13,14)15)40-56(74(22,23)24)64(53)76-58-28-26-42(44-31-47(69(7,8)9)36-48(32-44)70(10,11)12)34-52(58)60(66(61)76)62-54-38-50(72(16,17)18)39-55(73(19,20)21)63(54)75(57)65(59)62/h25-40H,1-24H3. The molecular weight excluding hydrogens is 917 g/mol. The summed E-state index contributed by atoms with van der Waals surface area (Å²) in [6.45, 7) is 57.2. The van der Waals surface area contributed by atoms with E-state index in [-0.39, 0.29) is 43.3 Å². The third-order valence-electron chi connectivity index (χ3n) is 17.5. The Bertz CT molecular complexity index is 3850. The van der Waals surface area contributed by atoms with Crippen LogP contribution >= 0.6 is 0 Å². The van der Waals surface area contributed by atoms with Crippen molar-refractivity contribution in [1.29, 1.82) is 0 Å². The van der Waals surface area contributed by atoms with Crippen LogP contribution in [0.1, 0.15) is 211 Å². The van der Waals surface area contributed by atoms with E-state index in [1.807, 2.05) is 0 Å². The smallest absolute Gasteiger partial charge is 0.0634 e. The molecule has 4 aromatic heterocycles. The predicted molar refractivity (Wildman–Crippen MR) is 336 cm³/mol. The highest BCUT2D eigenvalue weighted by Crippen LogP contribution is 2.56. The van der Waals surface area contributed by atoms with Gasteiger partial charge in [0.2, 0.25) is 0 Å². The molecule has 0 bridgehead atoms. The molecule has 0 fully saturated rings. The molecule has 11 rings (SSSR count). The van der Waals surface area contributed by atoms with Gasteiger partial charge in [-0.15, -0.1) is 0 Å². The van der Waals surface area contributed by atoms with Crippen LogP contribution in [0.4, 0.5) is 0 Å². The van der Waals surface area contributed by atoms with Crippen LogP contribution in [0.5, 0.6) is 0 Å². The summed E-state index contributed by atoms with van der Waals surface area (Å²) in [4.78, 5) is 0. The van der Waals surface area contributed by atoms with Crippen molar-refractivity contribution in [2.24, 2.45) is 0 Å². The Kier molecular flexibility index (Phi) is 10.9. The van der Waals surface area contributed by atoms with Gasteiger partial charge in [-0.2, -0.15) is 0 Å². The molecule has 0 aliphatic carbocycles. The number of hydrogen-bond acceptors (Lipinski definition) is 0. The van der Waals surface area contributed by atoms with Crippen molar-refractivity contribution in [1.82, 2.24) is 8.80 Å². The van der Waals surface area contributed by atoms with Gasteiger partial charge in [0.1, 0.15) is 0 Å². The average Bonchev–Trinajstić information content (AvgIpc) is 4.05. The van der Waals surface area contributed by atoms with Crippen LogP contribution in [0.2, 0.25) is 0 Å². The van der Waals surface area contributed by atoms with Gasteiger partial charge in [0.05, 0.1) is 33.1 Å². The maximum atomic E-state index is 2.74. The first-order valence-electron chi connectivity index (χ1n) is 28.6. The Morgan fingerprint density at radius 2 is 0.487 bits per heavy atom. The molecule has 4 heterocycles. The zero-order chi connectivity index (χ0) is 55.5. The van der Waals surface area contributed by atoms with E-state index in [1.165, 1.54) is 143 Å². The van der Waals surface area contributed by atoms with Crippen LogP contribution in [0.15, 0.2) is 97.1 Å². The van der Waals surface area contributed by atoms with Crippen LogP contribution in [0, 0.1) is 0 Å². The predicted octanol–water partition coefficient (Wildman–Crippen LogP) is 21.7. The normalized spacial score (nSPS) is 14.3. The summed E-state index contributed by atoms with van der Waals surface area (Å²) in [5.41, 5.74) is 23.7. The van der Waals surface area contributed by atoms with Crippen LogP contribution in [0.25, 0.3) is 98.4 Å². The highest BCUT2D eigenvalue weighted by molar-refractivity contribution is 6.45. The minimum Gasteiger partial charge on any atom is -0.308 e. The van der Waals surface area contributed by atoms with Gasteiger partial charge in [-0.25, -0.2) is 0 Å². The molecule has 0 N–H and O–H groups in total. The molecule has 0 saturated heterocycles. The molecule has 0 aliphatic heterocycles. The molecule has 76 heavy (non-hydrogen) atoms. The quantitative estimate of drug-likeness (QED) is 0.163. The van der Waals surface area contributed by atoms with Crippen molar-refractivity contribution in [2.45, 2.75) is 209 Å². The molecule has 0 unspecified atom stereocenters. The Morgan fingerprint density at radius 1 is 0.224 bits per heavy atom. The minimum absolute atomic E-state index is 0.000835. The van der Waals surface area contributed by atoms with Crippen molar-refractivity contribution < 1.29 is 0 Å². The molecule has 11 aromatic rings. The fraction of sp³-hybridized carbons (Fsp3) is 0.432. The van der Waals surface area contributed by atoms with E-state index < -0.39 is 0 Å². The lowest BCUT2D eigenvalue weighted by molar-refractivity contribution is 0.568.